The van der Waals surface area contributed by atoms with Gasteiger partial charge in [0, 0.05) is 19.2 Å². The average Bonchev–Trinajstić information content (AvgIpc) is 3.42. The fourth-order valence-corrected chi connectivity index (χ4v) is 3.69. The Morgan fingerprint density at radius 1 is 1.21 bits per heavy atom. The second-order valence-corrected chi connectivity index (χ2v) is 7.23. The second kappa shape index (κ2) is 7.93. The zero-order valence-corrected chi connectivity index (χ0v) is 16.0. The van der Waals surface area contributed by atoms with Crippen molar-refractivity contribution in [2.45, 2.75) is 38.9 Å². The summed E-state index contributed by atoms with van der Waals surface area (Å²) in [5.41, 5.74) is 2.98. The van der Waals surface area contributed by atoms with Crippen LogP contribution in [-0.4, -0.2) is 44.8 Å². The summed E-state index contributed by atoms with van der Waals surface area (Å²) >= 11 is 0. The lowest BCUT2D eigenvalue weighted by atomic mass is 10.1. The summed E-state index contributed by atoms with van der Waals surface area (Å²) in [6.45, 7) is 3.86. The van der Waals surface area contributed by atoms with Crippen molar-refractivity contribution in [3.8, 4) is 0 Å². The Bertz CT molecular complexity index is 936. The van der Waals surface area contributed by atoms with E-state index in [1.54, 1.807) is 11.0 Å². The van der Waals surface area contributed by atoms with Crippen molar-refractivity contribution in [2.75, 3.05) is 13.6 Å². The topological polar surface area (TPSA) is 88.5 Å². The largest absolute Gasteiger partial charge is 0.359 e. The first-order chi connectivity index (χ1) is 13.6. The predicted molar refractivity (Wildman–Crippen MR) is 100 cm³/mol. The van der Waals surface area contributed by atoms with E-state index in [0.29, 0.717) is 30.2 Å². The predicted octanol–water partition coefficient (Wildman–Crippen LogP) is 2.98. The minimum absolute atomic E-state index is 0.125. The first kappa shape index (κ1) is 18.4. The van der Waals surface area contributed by atoms with Gasteiger partial charge in [-0.25, -0.2) is 4.63 Å². The van der Waals surface area contributed by atoms with Crippen LogP contribution < -0.4 is 0 Å². The first-order valence-electron chi connectivity index (χ1n) is 9.40. The second-order valence-electron chi connectivity index (χ2n) is 7.23. The molecular formula is C20H23N5O3. The number of nitrogens with zero attached hydrogens (tertiary/aromatic N) is 5. The molecule has 146 valence electrons. The molecule has 0 bridgehead atoms. The lowest BCUT2D eigenvalue weighted by Gasteiger charge is -2.21. The van der Waals surface area contributed by atoms with Gasteiger partial charge in [0.1, 0.15) is 11.4 Å². The number of aromatic nitrogens is 3. The third-order valence-electron chi connectivity index (χ3n) is 5.02. The Morgan fingerprint density at radius 3 is 2.79 bits per heavy atom. The Labute approximate surface area is 163 Å². The van der Waals surface area contributed by atoms with Gasteiger partial charge in [-0.2, -0.15) is 0 Å². The maximum atomic E-state index is 13.0. The van der Waals surface area contributed by atoms with Gasteiger partial charge >= 0.3 is 0 Å². The van der Waals surface area contributed by atoms with Crippen LogP contribution in [0.1, 0.15) is 52.1 Å². The van der Waals surface area contributed by atoms with Crippen LogP contribution in [0.15, 0.2) is 45.6 Å². The van der Waals surface area contributed by atoms with Gasteiger partial charge in [0.2, 0.25) is 0 Å². The number of likely N-dealkylation sites (tertiary alicyclic amines) is 1. The summed E-state index contributed by atoms with van der Waals surface area (Å²) in [6, 6.07) is 11.8. The molecule has 0 unspecified atom stereocenters. The third-order valence-corrected chi connectivity index (χ3v) is 5.02. The third kappa shape index (κ3) is 3.82. The molecule has 1 amide bonds. The number of hydrogen-bond donors (Lipinski definition) is 0. The molecule has 1 fully saturated rings. The molecule has 0 aliphatic carbocycles. The molecule has 8 nitrogen and oxygen atoms in total. The average molecular weight is 381 g/mol. The normalized spacial score (nSPS) is 16.8. The molecule has 1 aliphatic heterocycles. The van der Waals surface area contributed by atoms with Crippen LogP contribution in [-0.2, 0) is 13.1 Å². The van der Waals surface area contributed by atoms with Crippen molar-refractivity contribution >= 4 is 5.91 Å². The summed E-state index contributed by atoms with van der Waals surface area (Å²) in [5.74, 6) is 0.516. The standard InChI is InChI=1S/C20H23N5O3/c1-14-19(23-28-21-14)18-9-6-10-25(18)20(26)17-11-16(27-22-17)13-24(2)12-15-7-4-3-5-8-15/h3-5,7-8,11,18H,6,9-10,12-13H2,1-2H3/t18-/m0/s1. The van der Waals surface area contributed by atoms with E-state index in [9.17, 15) is 4.79 Å². The molecule has 0 radical (unpaired) electrons. The van der Waals surface area contributed by atoms with Crippen molar-refractivity contribution in [1.82, 2.24) is 25.3 Å². The molecule has 0 saturated carbocycles. The van der Waals surface area contributed by atoms with Gasteiger partial charge in [0.25, 0.3) is 5.91 Å². The van der Waals surface area contributed by atoms with Crippen LogP contribution >= 0.6 is 0 Å². The molecule has 28 heavy (non-hydrogen) atoms. The van der Waals surface area contributed by atoms with E-state index in [0.717, 1.165) is 25.1 Å². The summed E-state index contributed by atoms with van der Waals surface area (Å²) in [6.07, 6.45) is 1.75. The molecule has 1 aliphatic rings. The Morgan fingerprint density at radius 2 is 2.04 bits per heavy atom. The lowest BCUT2D eigenvalue weighted by Crippen LogP contribution is -2.31. The maximum absolute atomic E-state index is 13.0. The highest BCUT2D eigenvalue weighted by Crippen LogP contribution is 2.33. The van der Waals surface area contributed by atoms with Crippen LogP contribution in [0.3, 0.4) is 0 Å². The molecule has 3 aromatic rings. The van der Waals surface area contributed by atoms with E-state index in [1.165, 1.54) is 5.56 Å². The van der Waals surface area contributed by atoms with Crippen LogP contribution in [0, 0.1) is 6.92 Å². The van der Waals surface area contributed by atoms with Crippen molar-refractivity contribution in [2.24, 2.45) is 0 Å². The van der Waals surface area contributed by atoms with Gasteiger partial charge in [-0.3, -0.25) is 9.69 Å². The molecule has 1 atom stereocenters. The summed E-state index contributed by atoms with van der Waals surface area (Å²) in [7, 11) is 2.01. The Hall–Kier alpha value is -3.00. The zero-order chi connectivity index (χ0) is 19.5. The molecular weight excluding hydrogens is 358 g/mol. The summed E-state index contributed by atoms with van der Waals surface area (Å²) in [5, 5.41) is 11.8. The maximum Gasteiger partial charge on any atom is 0.276 e. The fourth-order valence-electron chi connectivity index (χ4n) is 3.69. The summed E-state index contributed by atoms with van der Waals surface area (Å²) < 4.78 is 10.2. The van der Waals surface area contributed by atoms with Crippen LogP contribution in [0.5, 0.6) is 0 Å². The van der Waals surface area contributed by atoms with Gasteiger partial charge in [-0.15, -0.1) is 0 Å². The number of aryl methyl sites for hydroxylation is 1. The minimum atomic E-state index is -0.148. The number of benzene rings is 1. The number of rotatable bonds is 6. The van der Waals surface area contributed by atoms with E-state index in [4.69, 9.17) is 9.15 Å². The van der Waals surface area contributed by atoms with Crippen LogP contribution in [0.25, 0.3) is 0 Å². The molecule has 4 rings (SSSR count). The van der Waals surface area contributed by atoms with Crippen molar-refractivity contribution < 1.29 is 13.9 Å². The van der Waals surface area contributed by atoms with Crippen LogP contribution in [0.2, 0.25) is 0 Å². The zero-order valence-electron chi connectivity index (χ0n) is 16.0. The first-order valence-corrected chi connectivity index (χ1v) is 9.40. The summed E-state index contributed by atoms with van der Waals surface area (Å²) in [4.78, 5) is 16.9. The number of carbonyl (C=O) groups excluding carboxylic acids is 1. The molecule has 0 spiro atoms. The van der Waals surface area contributed by atoms with E-state index in [1.807, 2.05) is 32.2 Å². The minimum Gasteiger partial charge on any atom is -0.359 e. The van der Waals surface area contributed by atoms with E-state index < -0.39 is 0 Å². The van der Waals surface area contributed by atoms with E-state index in [2.05, 4.69) is 32.5 Å². The van der Waals surface area contributed by atoms with Crippen molar-refractivity contribution in [3.63, 3.8) is 0 Å². The lowest BCUT2D eigenvalue weighted by molar-refractivity contribution is 0.0719. The Balaban J connectivity index is 1.42. The molecule has 1 saturated heterocycles. The highest BCUT2D eigenvalue weighted by atomic mass is 16.6. The molecule has 8 heteroatoms. The van der Waals surface area contributed by atoms with Crippen LogP contribution in [0.4, 0.5) is 0 Å². The molecule has 2 aromatic heterocycles. The van der Waals surface area contributed by atoms with Gasteiger partial charge in [0.15, 0.2) is 11.5 Å². The monoisotopic (exact) mass is 381 g/mol. The SMILES string of the molecule is Cc1nonc1[C@@H]1CCCN1C(=O)c1cc(CN(C)Cc2ccccc2)on1. The van der Waals surface area contributed by atoms with Gasteiger partial charge in [-0.1, -0.05) is 45.8 Å². The van der Waals surface area contributed by atoms with Crippen molar-refractivity contribution in [1.29, 1.82) is 0 Å². The highest BCUT2D eigenvalue weighted by molar-refractivity contribution is 5.92. The van der Waals surface area contributed by atoms with E-state index in [-0.39, 0.29) is 11.9 Å². The fraction of sp³-hybridized carbons (Fsp3) is 0.400. The molecule has 0 N–H and O–H groups in total. The van der Waals surface area contributed by atoms with Gasteiger partial charge in [0.05, 0.1) is 12.6 Å². The number of hydrogen-bond acceptors (Lipinski definition) is 7. The smallest absolute Gasteiger partial charge is 0.276 e. The number of amides is 1. The molecule has 3 heterocycles. The Kier molecular flexibility index (Phi) is 5.21. The van der Waals surface area contributed by atoms with Gasteiger partial charge in [-0.05, 0) is 32.4 Å². The molecule has 1 aromatic carbocycles. The van der Waals surface area contributed by atoms with E-state index >= 15 is 0 Å². The van der Waals surface area contributed by atoms with Crippen molar-refractivity contribution in [3.05, 3.63) is 64.8 Å². The number of carbonyl (C=O) groups is 1. The van der Waals surface area contributed by atoms with Gasteiger partial charge < -0.3 is 9.42 Å². The quantitative estimate of drug-likeness (QED) is 0.648. The highest BCUT2D eigenvalue weighted by Gasteiger charge is 2.35.